The summed E-state index contributed by atoms with van der Waals surface area (Å²) in [6.45, 7) is 14.5. The van der Waals surface area contributed by atoms with Crippen molar-refractivity contribution in [2.24, 2.45) is 11.3 Å². The molecule has 0 aliphatic heterocycles. The molecule has 1 aromatic carbocycles. The summed E-state index contributed by atoms with van der Waals surface area (Å²) in [4.78, 5) is 48.0. The first kappa shape index (κ1) is 31.7. The lowest BCUT2D eigenvalue weighted by Gasteiger charge is -2.54. The number of esters is 3. The molecule has 8 nitrogen and oxygen atoms in total. The summed E-state index contributed by atoms with van der Waals surface area (Å²) in [6, 6.07) is 4.18. The van der Waals surface area contributed by atoms with E-state index in [0.29, 0.717) is 17.9 Å². The van der Waals surface area contributed by atoms with Crippen LogP contribution in [0.4, 0.5) is 0 Å². The lowest BCUT2D eigenvalue weighted by atomic mass is 9.49. The molecular formula is C32H46O8. The summed E-state index contributed by atoms with van der Waals surface area (Å²) < 4.78 is 15.8. The molecule has 3 rings (SSSR count). The molecule has 1 fully saturated rings. The van der Waals surface area contributed by atoms with E-state index in [9.17, 15) is 14.4 Å². The maximum absolute atomic E-state index is 13.3. The molecule has 0 heterocycles. The Bertz CT molecular complexity index is 1090. The van der Waals surface area contributed by atoms with Gasteiger partial charge in [-0.25, -0.2) is 4.79 Å². The van der Waals surface area contributed by atoms with E-state index in [-0.39, 0.29) is 55.2 Å². The van der Waals surface area contributed by atoms with Gasteiger partial charge in [0, 0.05) is 6.42 Å². The fourth-order valence-corrected chi connectivity index (χ4v) is 6.61. The van der Waals surface area contributed by atoms with Gasteiger partial charge in [0.15, 0.2) is 0 Å². The summed E-state index contributed by atoms with van der Waals surface area (Å²) in [5, 5.41) is 0. The highest BCUT2D eigenvalue weighted by Gasteiger charge is 2.55. The van der Waals surface area contributed by atoms with Crippen LogP contribution in [0.5, 0.6) is 0 Å². The van der Waals surface area contributed by atoms with Crippen molar-refractivity contribution in [3.05, 3.63) is 46.7 Å². The quantitative estimate of drug-likeness (QED) is 0.0690. The Balaban J connectivity index is 1.66. The molecule has 0 aromatic heterocycles. The maximum Gasteiger partial charge on any atom is 0.338 e. The third-order valence-corrected chi connectivity index (χ3v) is 8.67. The lowest BCUT2D eigenvalue weighted by molar-refractivity contribution is -0.267. The van der Waals surface area contributed by atoms with Crippen molar-refractivity contribution in [3.8, 4) is 0 Å². The van der Waals surface area contributed by atoms with Crippen LogP contribution in [0.1, 0.15) is 113 Å². The van der Waals surface area contributed by atoms with Crippen LogP contribution in [0.15, 0.2) is 24.5 Å². The Hall–Kier alpha value is -2.87. The molecule has 0 saturated heterocycles. The summed E-state index contributed by atoms with van der Waals surface area (Å²) >= 11 is 0. The zero-order valence-electron chi connectivity index (χ0n) is 25.1. The van der Waals surface area contributed by atoms with Gasteiger partial charge in [-0.05, 0) is 79.0 Å². The molecule has 3 unspecified atom stereocenters. The van der Waals surface area contributed by atoms with Crippen LogP contribution in [0.2, 0.25) is 0 Å². The van der Waals surface area contributed by atoms with Gasteiger partial charge < -0.3 is 19.1 Å². The van der Waals surface area contributed by atoms with E-state index in [2.05, 4.69) is 33.4 Å². The van der Waals surface area contributed by atoms with Gasteiger partial charge in [0.05, 0.1) is 31.1 Å². The normalized spacial score (nSPS) is 23.5. The molecule has 0 bridgehead atoms. The number of hydrogen-bond acceptors (Lipinski definition) is 8. The van der Waals surface area contributed by atoms with Gasteiger partial charge in [0.2, 0.25) is 0 Å². The molecule has 0 radical (unpaired) electrons. The topological polar surface area (TPSA) is 97.4 Å². The van der Waals surface area contributed by atoms with Gasteiger partial charge in [-0.2, -0.15) is 4.89 Å². The van der Waals surface area contributed by atoms with Crippen LogP contribution in [-0.2, 0) is 45.4 Å². The molecule has 1 saturated carbocycles. The highest BCUT2D eigenvalue weighted by atomic mass is 17.2. The molecule has 222 valence electrons. The third-order valence-electron chi connectivity index (χ3n) is 8.67. The molecule has 2 aliphatic carbocycles. The molecular weight excluding hydrogens is 512 g/mol. The predicted molar refractivity (Wildman–Crippen MR) is 151 cm³/mol. The van der Waals surface area contributed by atoms with Crippen molar-refractivity contribution in [2.45, 2.75) is 97.3 Å². The Morgan fingerprint density at radius 1 is 1.05 bits per heavy atom. The van der Waals surface area contributed by atoms with Gasteiger partial charge >= 0.3 is 17.9 Å². The van der Waals surface area contributed by atoms with Gasteiger partial charge in [0.1, 0.15) is 19.0 Å². The van der Waals surface area contributed by atoms with Crippen molar-refractivity contribution in [1.82, 2.24) is 0 Å². The van der Waals surface area contributed by atoms with Crippen LogP contribution >= 0.6 is 0 Å². The smallest absolute Gasteiger partial charge is 0.338 e. The van der Waals surface area contributed by atoms with E-state index in [1.165, 1.54) is 12.7 Å². The van der Waals surface area contributed by atoms with E-state index < -0.39 is 11.4 Å². The predicted octanol–water partition coefficient (Wildman–Crippen LogP) is 6.35. The van der Waals surface area contributed by atoms with Crippen LogP contribution in [-0.4, -0.2) is 44.8 Å². The number of aryl methyl sites for hydroxylation is 1. The minimum absolute atomic E-state index is 0.000417. The summed E-state index contributed by atoms with van der Waals surface area (Å²) in [7, 11) is 1.47. The molecule has 0 amide bonds. The molecule has 1 aromatic rings. The molecule has 3 atom stereocenters. The van der Waals surface area contributed by atoms with Gasteiger partial charge in [0.25, 0.3) is 0 Å². The largest absolute Gasteiger partial charge is 0.469 e. The number of benzene rings is 1. The molecule has 8 heteroatoms. The van der Waals surface area contributed by atoms with Crippen molar-refractivity contribution in [3.63, 3.8) is 0 Å². The van der Waals surface area contributed by atoms with Gasteiger partial charge in [-0.1, -0.05) is 46.8 Å². The number of carbonyl (C=O) groups is 3. The van der Waals surface area contributed by atoms with E-state index in [4.69, 9.17) is 24.0 Å². The number of hydrogen-bond donors (Lipinski definition) is 0. The molecule has 0 N–H and O–H groups in total. The first-order valence-electron chi connectivity index (χ1n) is 14.5. The Labute approximate surface area is 238 Å². The number of rotatable bonds is 13. The first-order chi connectivity index (χ1) is 19.0. The average molecular weight is 559 g/mol. The summed E-state index contributed by atoms with van der Waals surface area (Å²) in [5.74, 6) is -0.302. The SMILES string of the molecule is C=C(CCC(=O)OCCC)OOCCOC(=O)c1cc2c(cc1C(C)C)CCC1C(C)(C(=O)OC)CCCC21C. The van der Waals surface area contributed by atoms with E-state index >= 15 is 0 Å². The highest BCUT2D eigenvalue weighted by Crippen LogP contribution is 2.58. The Morgan fingerprint density at radius 3 is 2.48 bits per heavy atom. The maximum atomic E-state index is 13.3. The Kier molecular flexibility index (Phi) is 10.8. The van der Waals surface area contributed by atoms with Crippen molar-refractivity contribution in [2.75, 3.05) is 26.9 Å². The number of fused-ring (bicyclic) bond motifs is 3. The van der Waals surface area contributed by atoms with E-state index in [0.717, 1.165) is 49.7 Å². The van der Waals surface area contributed by atoms with Gasteiger partial charge in [-0.15, -0.1) is 0 Å². The standard InChI is InChI=1S/C32H46O8/c1-8-16-37-28(33)13-10-22(4)40-39-18-17-38-29(34)25-20-26-23(19-24(25)21(2)3)11-12-27-31(26,5)14-9-15-32(27,6)30(35)36-7/h19-21,27H,4,8-18H2,1-3,5-7H3. The second-order valence-corrected chi connectivity index (χ2v) is 11.8. The van der Waals surface area contributed by atoms with Crippen molar-refractivity contribution in [1.29, 1.82) is 0 Å². The number of methoxy groups -OCH3 is 1. The highest BCUT2D eigenvalue weighted by molar-refractivity contribution is 5.92. The van der Waals surface area contributed by atoms with Crippen LogP contribution in [0.25, 0.3) is 0 Å². The fourth-order valence-electron chi connectivity index (χ4n) is 6.61. The Morgan fingerprint density at radius 2 is 1.80 bits per heavy atom. The molecule has 0 spiro atoms. The zero-order chi connectivity index (χ0) is 29.5. The number of ether oxygens (including phenoxy) is 3. The van der Waals surface area contributed by atoms with Crippen LogP contribution in [0.3, 0.4) is 0 Å². The minimum atomic E-state index is -0.548. The third kappa shape index (κ3) is 6.88. The summed E-state index contributed by atoms with van der Waals surface area (Å²) in [5.41, 5.74) is 3.12. The fraction of sp³-hybridized carbons (Fsp3) is 0.656. The first-order valence-corrected chi connectivity index (χ1v) is 14.5. The molecule has 40 heavy (non-hydrogen) atoms. The number of carbonyl (C=O) groups excluding carboxylic acids is 3. The summed E-state index contributed by atoms with van der Waals surface area (Å²) in [6.07, 6.45) is 5.68. The van der Waals surface area contributed by atoms with E-state index in [1.54, 1.807) is 0 Å². The van der Waals surface area contributed by atoms with Crippen LogP contribution in [0, 0.1) is 11.3 Å². The van der Waals surface area contributed by atoms with Crippen LogP contribution < -0.4 is 0 Å². The second kappa shape index (κ2) is 13.7. The van der Waals surface area contributed by atoms with Gasteiger partial charge in [-0.3, -0.25) is 9.59 Å². The monoisotopic (exact) mass is 558 g/mol. The van der Waals surface area contributed by atoms with E-state index in [1.807, 2.05) is 19.9 Å². The second-order valence-electron chi connectivity index (χ2n) is 11.8. The minimum Gasteiger partial charge on any atom is -0.469 e. The average Bonchev–Trinajstić information content (AvgIpc) is 2.93. The number of allylic oxidation sites excluding steroid dienone is 1. The zero-order valence-corrected chi connectivity index (χ0v) is 25.1. The van der Waals surface area contributed by atoms with Crippen molar-refractivity contribution < 1.29 is 38.4 Å². The lowest BCUT2D eigenvalue weighted by Crippen LogP contribution is -2.52. The van der Waals surface area contributed by atoms with Crippen molar-refractivity contribution >= 4 is 17.9 Å². The molecule has 2 aliphatic rings.